The lowest BCUT2D eigenvalue weighted by Crippen LogP contribution is -2.52. The Morgan fingerprint density at radius 2 is 1.78 bits per heavy atom. The van der Waals surface area contributed by atoms with Crippen LogP contribution in [0.2, 0.25) is 0 Å². The number of alkyl carbamates (subject to hydrolysis) is 1. The molecule has 0 atom stereocenters. The van der Waals surface area contributed by atoms with E-state index in [0.29, 0.717) is 12.0 Å². The van der Waals surface area contributed by atoms with Crippen molar-refractivity contribution in [3.05, 3.63) is 35.4 Å². The van der Waals surface area contributed by atoms with Crippen LogP contribution in [-0.2, 0) is 11.3 Å². The van der Waals surface area contributed by atoms with Crippen LogP contribution in [0, 0.1) is 0 Å². The molecule has 1 aliphatic rings. The van der Waals surface area contributed by atoms with Gasteiger partial charge >= 0.3 is 6.09 Å². The standard InChI is InChI=1S/C19H30N2O2/c1-13(2)15-8-6-14(7-9-15)12-20-16-10-17(11-16)21-18(22)23-19(3,4)5/h6-9,13,16-17,20H,10-12H2,1-5H3,(H,21,22). The molecule has 1 saturated carbocycles. The number of amides is 1. The third-order valence-corrected chi connectivity index (χ3v) is 4.10. The van der Waals surface area contributed by atoms with Crippen molar-refractivity contribution in [1.29, 1.82) is 0 Å². The summed E-state index contributed by atoms with van der Waals surface area (Å²) in [6, 6.07) is 9.49. The summed E-state index contributed by atoms with van der Waals surface area (Å²) < 4.78 is 5.27. The van der Waals surface area contributed by atoms with E-state index in [0.717, 1.165) is 19.4 Å². The molecule has 23 heavy (non-hydrogen) atoms. The van der Waals surface area contributed by atoms with Crippen LogP contribution in [0.4, 0.5) is 4.79 Å². The number of benzene rings is 1. The molecule has 1 fully saturated rings. The molecule has 1 aliphatic carbocycles. The highest BCUT2D eigenvalue weighted by Gasteiger charge is 2.31. The molecule has 0 unspecified atom stereocenters. The maximum Gasteiger partial charge on any atom is 0.407 e. The minimum absolute atomic E-state index is 0.227. The normalized spacial score (nSPS) is 21.0. The maximum absolute atomic E-state index is 11.7. The van der Waals surface area contributed by atoms with Crippen molar-refractivity contribution in [2.45, 2.75) is 77.6 Å². The number of carbonyl (C=O) groups is 1. The highest BCUT2D eigenvalue weighted by Crippen LogP contribution is 2.21. The number of carbonyl (C=O) groups excluding carboxylic acids is 1. The summed E-state index contributed by atoms with van der Waals surface area (Å²) in [4.78, 5) is 11.7. The number of nitrogens with one attached hydrogen (secondary N) is 2. The van der Waals surface area contributed by atoms with Crippen LogP contribution >= 0.6 is 0 Å². The first-order valence-electron chi connectivity index (χ1n) is 8.54. The second-order valence-electron chi connectivity index (χ2n) is 7.79. The zero-order valence-electron chi connectivity index (χ0n) is 15.0. The highest BCUT2D eigenvalue weighted by molar-refractivity contribution is 5.68. The van der Waals surface area contributed by atoms with Gasteiger partial charge < -0.3 is 15.4 Å². The Hall–Kier alpha value is -1.55. The monoisotopic (exact) mass is 318 g/mol. The molecule has 128 valence electrons. The van der Waals surface area contributed by atoms with E-state index in [1.165, 1.54) is 11.1 Å². The van der Waals surface area contributed by atoms with Gasteiger partial charge in [0, 0.05) is 18.6 Å². The van der Waals surface area contributed by atoms with Crippen LogP contribution in [0.3, 0.4) is 0 Å². The van der Waals surface area contributed by atoms with Crippen LogP contribution in [0.1, 0.15) is 64.5 Å². The largest absolute Gasteiger partial charge is 0.444 e. The molecule has 4 nitrogen and oxygen atoms in total. The molecule has 0 bridgehead atoms. The minimum atomic E-state index is -0.437. The van der Waals surface area contributed by atoms with E-state index in [-0.39, 0.29) is 12.1 Å². The summed E-state index contributed by atoms with van der Waals surface area (Å²) in [5.41, 5.74) is 2.24. The second kappa shape index (κ2) is 7.35. The number of hydrogen-bond acceptors (Lipinski definition) is 3. The summed E-state index contributed by atoms with van der Waals surface area (Å²) >= 11 is 0. The smallest absolute Gasteiger partial charge is 0.407 e. The molecular weight excluding hydrogens is 288 g/mol. The molecule has 2 rings (SSSR count). The maximum atomic E-state index is 11.7. The third-order valence-electron chi connectivity index (χ3n) is 4.10. The van der Waals surface area contributed by atoms with E-state index in [4.69, 9.17) is 4.74 Å². The predicted molar refractivity (Wildman–Crippen MR) is 93.6 cm³/mol. The van der Waals surface area contributed by atoms with Crippen LogP contribution in [0.15, 0.2) is 24.3 Å². The third kappa shape index (κ3) is 5.87. The van der Waals surface area contributed by atoms with Gasteiger partial charge in [-0.3, -0.25) is 0 Å². The Morgan fingerprint density at radius 3 is 2.30 bits per heavy atom. The van der Waals surface area contributed by atoms with Gasteiger partial charge in [-0.1, -0.05) is 38.1 Å². The van der Waals surface area contributed by atoms with E-state index in [1.54, 1.807) is 0 Å². The summed E-state index contributed by atoms with van der Waals surface area (Å²) in [5, 5.41) is 6.46. The Morgan fingerprint density at radius 1 is 1.17 bits per heavy atom. The summed E-state index contributed by atoms with van der Waals surface area (Å²) in [6.07, 6.45) is 1.61. The Labute approximate surface area is 140 Å². The summed E-state index contributed by atoms with van der Waals surface area (Å²) in [6.45, 7) is 10.9. The van der Waals surface area contributed by atoms with Crippen LogP contribution in [0.5, 0.6) is 0 Å². The lowest BCUT2D eigenvalue weighted by molar-refractivity contribution is 0.0465. The topological polar surface area (TPSA) is 50.4 Å². The molecular formula is C19H30N2O2. The SMILES string of the molecule is CC(C)c1ccc(CNC2CC(NC(=O)OC(C)(C)C)C2)cc1. The van der Waals surface area contributed by atoms with Crippen LogP contribution < -0.4 is 10.6 Å². The minimum Gasteiger partial charge on any atom is -0.444 e. The molecule has 1 aromatic carbocycles. The van der Waals surface area contributed by atoms with E-state index in [9.17, 15) is 4.79 Å². The first-order valence-corrected chi connectivity index (χ1v) is 8.54. The Kier molecular flexibility index (Phi) is 5.69. The lowest BCUT2D eigenvalue weighted by Gasteiger charge is -2.36. The molecule has 0 saturated heterocycles. The van der Waals surface area contributed by atoms with Gasteiger partial charge in [-0.2, -0.15) is 0 Å². The molecule has 1 amide bonds. The summed E-state index contributed by atoms with van der Waals surface area (Å²) in [5.74, 6) is 0.573. The second-order valence-corrected chi connectivity index (χ2v) is 7.79. The number of ether oxygens (including phenoxy) is 1. The van der Waals surface area contributed by atoms with Crippen molar-refractivity contribution < 1.29 is 9.53 Å². The quantitative estimate of drug-likeness (QED) is 0.864. The average Bonchev–Trinajstić information content (AvgIpc) is 2.39. The zero-order valence-corrected chi connectivity index (χ0v) is 15.0. The van der Waals surface area contributed by atoms with Gasteiger partial charge in [-0.15, -0.1) is 0 Å². The first-order chi connectivity index (χ1) is 10.7. The lowest BCUT2D eigenvalue weighted by atomic mass is 9.86. The average molecular weight is 318 g/mol. The Balaban J connectivity index is 1.65. The van der Waals surface area contributed by atoms with E-state index in [1.807, 2.05) is 20.8 Å². The van der Waals surface area contributed by atoms with Gasteiger partial charge in [-0.05, 0) is 50.7 Å². The van der Waals surface area contributed by atoms with Crippen LogP contribution in [0.25, 0.3) is 0 Å². The van der Waals surface area contributed by atoms with Gasteiger partial charge in [-0.25, -0.2) is 4.79 Å². The molecule has 2 N–H and O–H groups in total. The van der Waals surface area contributed by atoms with Crippen molar-refractivity contribution in [2.24, 2.45) is 0 Å². The molecule has 4 heteroatoms. The van der Waals surface area contributed by atoms with Crippen molar-refractivity contribution in [3.8, 4) is 0 Å². The molecule has 1 aromatic rings. The number of hydrogen-bond donors (Lipinski definition) is 2. The van der Waals surface area contributed by atoms with E-state index < -0.39 is 5.60 Å². The van der Waals surface area contributed by atoms with Gasteiger partial charge in [0.15, 0.2) is 0 Å². The number of rotatable bonds is 5. The van der Waals surface area contributed by atoms with Gasteiger partial charge in [0.25, 0.3) is 0 Å². The van der Waals surface area contributed by atoms with Crippen molar-refractivity contribution in [1.82, 2.24) is 10.6 Å². The Bertz CT molecular complexity index is 511. The van der Waals surface area contributed by atoms with E-state index in [2.05, 4.69) is 48.7 Å². The van der Waals surface area contributed by atoms with Gasteiger partial charge in [0.2, 0.25) is 0 Å². The van der Waals surface area contributed by atoms with Crippen molar-refractivity contribution in [2.75, 3.05) is 0 Å². The van der Waals surface area contributed by atoms with Crippen molar-refractivity contribution >= 4 is 6.09 Å². The predicted octanol–water partition coefficient (Wildman–Crippen LogP) is 3.96. The molecule has 0 aromatic heterocycles. The van der Waals surface area contributed by atoms with Crippen LogP contribution in [-0.4, -0.2) is 23.8 Å². The summed E-state index contributed by atoms with van der Waals surface area (Å²) in [7, 11) is 0. The molecule has 0 aliphatic heterocycles. The molecule has 0 spiro atoms. The molecule has 0 radical (unpaired) electrons. The fourth-order valence-corrected chi connectivity index (χ4v) is 2.66. The first kappa shape index (κ1) is 17.8. The fourth-order valence-electron chi connectivity index (χ4n) is 2.66. The van der Waals surface area contributed by atoms with E-state index >= 15 is 0 Å². The van der Waals surface area contributed by atoms with Crippen molar-refractivity contribution in [3.63, 3.8) is 0 Å². The van der Waals surface area contributed by atoms with Gasteiger partial charge in [0.1, 0.15) is 5.60 Å². The van der Waals surface area contributed by atoms with Gasteiger partial charge in [0.05, 0.1) is 0 Å². The highest BCUT2D eigenvalue weighted by atomic mass is 16.6. The molecule has 0 heterocycles. The fraction of sp³-hybridized carbons (Fsp3) is 0.632. The zero-order chi connectivity index (χ0) is 17.0.